The predicted molar refractivity (Wildman–Crippen MR) is 38.7 cm³/mol. The molecule has 0 bridgehead atoms. The van der Waals surface area contributed by atoms with Crippen LogP contribution >= 0.6 is 0 Å². The average molecular weight is 172 g/mol. The van der Waals surface area contributed by atoms with E-state index >= 15 is 0 Å². The van der Waals surface area contributed by atoms with Crippen molar-refractivity contribution >= 4 is 0 Å². The molecule has 1 heteroatoms. The van der Waals surface area contributed by atoms with Crippen molar-refractivity contribution in [1.82, 2.24) is 0 Å². The van der Waals surface area contributed by atoms with E-state index in [-0.39, 0.29) is 16.5 Å². The second kappa shape index (κ2) is 11.3. The summed E-state index contributed by atoms with van der Waals surface area (Å²) in [5, 5.41) is 0. The van der Waals surface area contributed by atoms with Crippen LogP contribution in [0.5, 0.6) is 0 Å². The van der Waals surface area contributed by atoms with Crippen LogP contribution in [0.1, 0.15) is 46.0 Å². The Hall–Kier alpha value is 0.494. The van der Waals surface area contributed by atoms with Gasteiger partial charge in [-0.3, -0.25) is 0 Å². The van der Waals surface area contributed by atoms with E-state index in [0.29, 0.717) is 0 Å². The molecular formula is C8H17Ni. The minimum absolute atomic E-state index is 0. The molecule has 1 radical (unpaired) electrons. The van der Waals surface area contributed by atoms with E-state index in [0.717, 1.165) is 0 Å². The van der Waals surface area contributed by atoms with Gasteiger partial charge in [-0.05, 0) is 6.42 Å². The summed E-state index contributed by atoms with van der Waals surface area (Å²) < 4.78 is 0. The summed E-state index contributed by atoms with van der Waals surface area (Å²) in [6.45, 7) is 4.38. The minimum atomic E-state index is 0. The van der Waals surface area contributed by atoms with Crippen LogP contribution in [0.15, 0.2) is 0 Å². The maximum atomic E-state index is 2.25. The van der Waals surface area contributed by atoms with Crippen LogP contribution in [0.3, 0.4) is 0 Å². The van der Waals surface area contributed by atoms with E-state index in [9.17, 15) is 0 Å². The molecule has 0 aromatic rings. The van der Waals surface area contributed by atoms with Crippen molar-refractivity contribution in [3.8, 4) is 0 Å². The molecule has 0 amide bonds. The minimum Gasteiger partial charge on any atom is -0.0654 e. The van der Waals surface area contributed by atoms with Gasteiger partial charge in [0.05, 0.1) is 0 Å². The molecule has 0 rings (SSSR count). The molecular weight excluding hydrogens is 155 g/mol. The van der Waals surface area contributed by atoms with Gasteiger partial charge in [0.25, 0.3) is 0 Å². The fourth-order valence-electron chi connectivity index (χ4n) is 0.775. The second-order valence-corrected chi connectivity index (χ2v) is 2.26. The molecule has 9 heavy (non-hydrogen) atoms. The summed E-state index contributed by atoms with van der Waals surface area (Å²) in [7, 11) is 0. The number of unbranched alkanes of at least 4 members (excludes halogenated alkanes) is 5. The largest absolute Gasteiger partial charge is 0.0654 e. The zero-order chi connectivity index (χ0) is 6.24. The van der Waals surface area contributed by atoms with Gasteiger partial charge in [0.2, 0.25) is 0 Å². The molecule has 0 heterocycles. The van der Waals surface area contributed by atoms with Gasteiger partial charge < -0.3 is 0 Å². The SMILES string of the molecule is C[CH]CCCCCC.[Ni]. The van der Waals surface area contributed by atoms with Crippen molar-refractivity contribution in [1.29, 1.82) is 0 Å². The van der Waals surface area contributed by atoms with Crippen LogP contribution in [-0.4, -0.2) is 0 Å². The summed E-state index contributed by atoms with van der Waals surface area (Å²) in [5.41, 5.74) is 0. The monoisotopic (exact) mass is 171 g/mol. The third-order valence-corrected chi connectivity index (χ3v) is 1.35. The maximum Gasteiger partial charge on any atom is 0 e. The Labute approximate surface area is 69.3 Å². The van der Waals surface area contributed by atoms with Gasteiger partial charge in [0.1, 0.15) is 0 Å². The molecule has 0 aliphatic rings. The van der Waals surface area contributed by atoms with Gasteiger partial charge >= 0.3 is 0 Å². The van der Waals surface area contributed by atoms with Gasteiger partial charge in [0.15, 0.2) is 0 Å². The third kappa shape index (κ3) is 11.9. The smallest absolute Gasteiger partial charge is 0 e. The van der Waals surface area contributed by atoms with Crippen molar-refractivity contribution in [2.45, 2.75) is 46.0 Å². The number of hydrogen-bond donors (Lipinski definition) is 0. The number of hydrogen-bond acceptors (Lipinski definition) is 0. The van der Waals surface area contributed by atoms with E-state index in [2.05, 4.69) is 20.3 Å². The van der Waals surface area contributed by atoms with E-state index in [4.69, 9.17) is 0 Å². The summed E-state index contributed by atoms with van der Waals surface area (Å²) in [5.74, 6) is 0. The summed E-state index contributed by atoms with van der Waals surface area (Å²) in [4.78, 5) is 0. The van der Waals surface area contributed by atoms with Gasteiger partial charge in [-0.15, -0.1) is 0 Å². The van der Waals surface area contributed by atoms with Gasteiger partial charge in [-0.25, -0.2) is 0 Å². The topological polar surface area (TPSA) is 0 Å². The fraction of sp³-hybridized carbons (Fsp3) is 0.875. The van der Waals surface area contributed by atoms with Gasteiger partial charge in [-0.2, -0.15) is 0 Å². The van der Waals surface area contributed by atoms with Gasteiger partial charge in [-0.1, -0.05) is 46.0 Å². The fourth-order valence-corrected chi connectivity index (χ4v) is 0.775. The standard InChI is InChI=1S/C8H17.Ni/c1-3-5-7-8-6-4-2;/h3H,4-8H2,1-2H3;. The summed E-state index contributed by atoms with van der Waals surface area (Å²) >= 11 is 0. The molecule has 59 valence electrons. The van der Waals surface area contributed by atoms with Crippen molar-refractivity contribution < 1.29 is 16.5 Å². The zero-order valence-electron chi connectivity index (χ0n) is 6.43. The first-order valence-corrected chi connectivity index (χ1v) is 3.69. The predicted octanol–water partition coefficient (Wildman–Crippen LogP) is 3.18. The normalized spacial score (nSPS) is 8.67. The summed E-state index contributed by atoms with van der Waals surface area (Å²) in [6, 6.07) is 0. The van der Waals surface area contributed by atoms with Crippen molar-refractivity contribution in [2.75, 3.05) is 0 Å². The molecule has 0 aliphatic heterocycles. The van der Waals surface area contributed by atoms with Crippen LogP contribution in [0.4, 0.5) is 0 Å². The zero-order valence-corrected chi connectivity index (χ0v) is 7.42. The number of rotatable bonds is 5. The van der Waals surface area contributed by atoms with Crippen LogP contribution in [-0.2, 0) is 16.5 Å². The molecule has 0 nitrogen and oxygen atoms in total. The molecule has 0 saturated heterocycles. The Morgan fingerprint density at radius 1 is 1.11 bits per heavy atom. The Balaban J connectivity index is 0. The quantitative estimate of drug-likeness (QED) is 0.441. The molecule has 0 fully saturated rings. The van der Waals surface area contributed by atoms with Crippen molar-refractivity contribution in [2.24, 2.45) is 0 Å². The van der Waals surface area contributed by atoms with Crippen molar-refractivity contribution in [3.63, 3.8) is 0 Å². The molecule has 0 unspecified atom stereocenters. The average Bonchev–Trinajstić information content (AvgIpc) is 1.81. The molecule has 0 saturated carbocycles. The van der Waals surface area contributed by atoms with Gasteiger partial charge in [0, 0.05) is 16.5 Å². The Bertz CT molecular complexity index is 29.5. The second-order valence-electron chi connectivity index (χ2n) is 2.26. The first-order chi connectivity index (χ1) is 3.91. The van der Waals surface area contributed by atoms with E-state index < -0.39 is 0 Å². The van der Waals surface area contributed by atoms with E-state index in [1.807, 2.05) is 0 Å². The van der Waals surface area contributed by atoms with Crippen molar-refractivity contribution in [3.05, 3.63) is 6.42 Å². The molecule has 0 N–H and O–H groups in total. The Morgan fingerprint density at radius 3 is 2.22 bits per heavy atom. The molecule has 0 aliphatic carbocycles. The Kier molecular flexibility index (Phi) is 15.3. The molecule has 0 atom stereocenters. The summed E-state index contributed by atoms with van der Waals surface area (Å²) in [6.07, 6.45) is 9.12. The molecule has 0 aromatic carbocycles. The van der Waals surface area contributed by atoms with Crippen LogP contribution in [0.2, 0.25) is 0 Å². The molecule has 0 aromatic heterocycles. The van der Waals surface area contributed by atoms with Crippen LogP contribution in [0.25, 0.3) is 0 Å². The molecule has 0 spiro atoms. The van der Waals surface area contributed by atoms with Crippen LogP contribution in [0, 0.1) is 6.42 Å². The maximum absolute atomic E-state index is 2.25. The Morgan fingerprint density at radius 2 is 1.78 bits per heavy atom. The van der Waals surface area contributed by atoms with E-state index in [1.165, 1.54) is 32.1 Å². The first kappa shape index (κ1) is 12.2. The van der Waals surface area contributed by atoms with Crippen LogP contribution < -0.4 is 0 Å². The third-order valence-electron chi connectivity index (χ3n) is 1.35. The first-order valence-electron chi connectivity index (χ1n) is 3.69. The van der Waals surface area contributed by atoms with E-state index in [1.54, 1.807) is 0 Å².